The first-order valence-electron chi connectivity index (χ1n) is 9.30. The Labute approximate surface area is 184 Å². The average molecular weight is 437 g/mol. The smallest absolute Gasteiger partial charge is 0.270 e. The van der Waals surface area contributed by atoms with Crippen LogP contribution in [0, 0.1) is 11.3 Å². The van der Waals surface area contributed by atoms with Gasteiger partial charge in [0.15, 0.2) is 23.2 Å². The molecular weight excluding hydrogens is 418 g/mol. The lowest BCUT2D eigenvalue weighted by Gasteiger charge is -2.29. The van der Waals surface area contributed by atoms with Crippen LogP contribution in [0.1, 0.15) is 12.5 Å². The molecule has 3 rings (SSSR count). The third-order valence-corrected chi connectivity index (χ3v) is 4.59. The van der Waals surface area contributed by atoms with Crippen LogP contribution in [0.2, 0.25) is 0 Å². The second kappa shape index (κ2) is 9.73. The molecule has 31 heavy (non-hydrogen) atoms. The predicted molar refractivity (Wildman–Crippen MR) is 118 cm³/mol. The maximum atomic E-state index is 13.1. The van der Waals surface area contributed by atoms with E-state index in [1.54, 1.807) is 49.6 Å². The third-order valence-electron chi connectivity index (χ3n) is 4.30. The fourth-order valence-corrected chi connectivity index (χ4v) is 3.18. The van der Waals surface area contributed by atoms with E-state index in [0.29, 0.717) is 35.1 Å². The largest absolute Gasteiger partial charge is 0.497 e. The molecule has 0 aliphatic carbocycles. The molecule has 0 unspecified atom stereocenters. The molecule has 1 heterocycles. The first kappa shape index (κ1) is 21.8. The minimum atomic E-state index is -0.595. The molecule has 0 atom stereocenters. The van der Waals surface area contributed by atoms with Crippen molar-refractivity contribution in [1.82, 2.24) is 5.32 Å². The molecule has 1 aliphatic rings. The van der Waals surface area contributed by atoms with Crippen LogP contribution in [0.25, 0.3) is 6.08 Å². The minimum Gasteiger partial charge on any atom is -0.497 e. The van der Waals surface area contributed by atoms with Gasteiger partial charge in [-0.3, -0.25) is 19.8 Å². The van der Waals surface area contributed by atoms with Crippen molar-refractivity contribution >= 4 is 40.9 Å². The monoisotopic (exact) mass is 437 g/mol. The zero-order chi connectivity index (χ0) is 22.4. The van der Waals surface area contributed by atoms with Gasteiger partial charge in [0, 0.05) is 0 Å². The van der Waals surface area contributed by atoms with Crippen LogP contribution in [0.5, 0.6) is 17.2 Å². The van der Waals surface area contributed by atoms with Crippen molar-refractivity contribution in [3.8, 4) is 23.3 Å². The highest BCUT2D eigenvalue weighted by Gasteiger charge is 2.34. The van der Waals surface area contributed by atoms with Crippen molar-refractivity contribution < 1.29 is 23.8 Å². The van der Waals surface area contributed by atoms with Gasteiger partial charge < -0.3 is 14.2 Å². The summed E-state index contributed by atoms with van der Waals surface area (Å²) in [5.74, 6) is 0.273. The van der Waals surface area contributed by atoms with E-state index >= 15 is 0 Å². The lowest BCUT2D eigenvalue weighted by atomic mass is 10.1. The van der Waals surface area contributed by atoms with Crippen molar-refractivity contribution in [2.45, 2.75) is 6.92 Å². The number of ether oxygens (including phenoxy) is 3. The minimum absolute atomic E-state index is 0.00688. The molecule has 8 nitrogen and oxygen atoms in total. The Hall–Kier alpha value is -3.90. The summed E-state index contributed by atoms with van der Waals surface area (Å²) in [6.07, 6.45) is 1.45. The molecule has 9 heteroatoms. The number of thiocarbonyl (C=S) groups is 1. The summed E-state index contributed by atoms with van der Waals surface area (Å²) in [6, 6.07) is 13.5. The highest BCUT2D eigenvalue weighted by molar-refractivity contribution is 7.80. The summed E-state index contributed by atoms with van der Waals surface area (Å²) in [4.78, 5) is 26.8. The molecule has 1 N–H and O–H groups in total. The summed E-state index contributed by atoms with van der Waals surface area (Å²) in [7, 11) is 1.54. The first-order chi connectivity index (χ1) is 15.0. The van der Waals surface area contributed by atoms with E-state index in [9.17, 15) is 9.59 Å². The van der Waals surface area contributed by atoms with Crippen molar-refractivity contribution in [2.24, 2.45) is 0 Å². The van der Waals surface area contributed by atoms with Crippen LogP contribution in [-0.2, 0) is 9.59 Å². The van der Waals surface area contributed by atoms with Gasteiger partial charge in [0.2, 0.25) is 0 Å². The van der Waals surface area contributed by atoms with Crippen LogP contribution in [0.4, 0.5) is 5.69 Å². The van der Waals surface area contributed by atoms with Crippen LogP contribution in [0.15, 0.2) is 48.0 Å². The lowest BCUT2D eigenvalue weighted by Crippen LogP contribution is -2.54. The number of hydrogen-bond donors (Lipinski definition) is 1. The lowest BCUT2D eigenvalue weighted by molar-refractivity contribution is -0.122. The number of nitrogens with zero attached hydrogens (tertiary/aromatic N) is 2. The Morgan fingerprint density at radius 2 is 1.87 bits per heavy atom. The zero-order valence-corrected chi connectivity index (χ0v) is 17.7. The SMILES string of the molecule is CCOc1cc(/C=C2\C(=O)NC(=S)N(c3ccc(OC)cc3)C2=O)ccc1OCC#N. The molecule has 2 aromatic rings. The second-order valence-corrected chi connectivity index (χ2v) is 6.63. The van der Waals surface area contributed by atoms with E-state index in [2.05, 4.69) is 5.32 Å². The molecule has 0 spiro atoms. The standard InChI is InChI=1S/C22H19N3O5S/c1-3-29-19-13-14(4-9-18(19)30-11-10-23)12-17-20(26)24-22(31)25(21(17)27)15-5-7-16(28-2)8-6-15/h4-9,12-13H,3,11H2,1-2H3,(H,24,26,31)/b17-12+. The molecule has 0 bridgehead atoms. The number of rotatable bonds is 7. The van der Waals surface area contributed by atoms with E-state index in [1.165, 1.54) is 11.0 Å². The second-order valence-electron chi connectivity index (χ2n) is 6.24. The van der Waals surface area contributed by atoms with Crippen molar-refractivity contribution in [2.75, 3.05) is 25.2 Å². The van der Waals surface area contributed by atoms with Crippen molar-refractivity contribution in [3.05, 3.63) is 53.6 Å². The number of amides is 2. The third kappa shape index (κ3) is 4.82. The van der Waals surface area contributed by atoms with E-state index in [0.717, 1.165) is 0 Å². The highest BCUT2D eigenvalue weighted by Crippen LogP contribution is 2.30. The number of carbonyl (C=O) groups is 2. The number of carbonyl (C=O) groups excluding carboxylic acids is 2. The summed E-state index contributed by atoms with van der Waals surface area (Å²) < 4.78 is 16.0. The maximum absolute atomic E-state index is 13.1. The zero-order valence-electron chi connectivity index (χ0n) is 16.9. The number of anilines is 1. The summed E-state index contributed by atoms with van der Waals surface area (Å²) in [6.45, 7) is 2.06. The number of nitrogens with one attached hydrogen (secondary N) is 1. The molecule has 0 radical (unpaired) electrons. The summed E-state index contributed by atoms with van der Waals surface area (Å²) >= 11 is 5.21. The van der Waals surface area contributed by atoms with Gasteiger partial charge in [-0.1, -0.05) is 6.07 Å². The molecule has 0 aromatic heterocycles. The average Bonchev–Trinajstić information content (AvgIpc) is 2.76. The van der Waals surface area contributed by atoms with Crippen LogP contribution in [-0.4, -0.2) is 37.3 Å². The molecule has 1 fully saturated rings. The van der Waals surface area contributed by atoms with Gasteiger partial charge in [0.05, 0.1) is 19.4 Å². The fraction of sp³-hybridized carbons (Fsp3) is 0.182. The van der Waals surface area contributed by atoms with Crippen molar-refractivity contribution in [3.63, 3.8) is 0 Å². The normalized spacial score (nSPS) is 14.8. The Balaban J connectivity index is 1.95. The predicted octanol–water partition coefficient (Wildman–Crippen LogP) is 2.83. The Morgan fingerprint density at radius 3 is 2.52 bits per heavy atom. The van der Waals surface area contributed by atoms with Gasteiger partial charge in [-0.15, -0.1) is 0 Å². The van der Waals surface area contributed by atoms with Gasteiger partial charge in [-0.25, -0.2) is 0 Å². The van der Waals surface area contributed by atoms with Gasteiger partial charge in [-0.05, 0) is 67.2 Å². The molecular formula is C22H19N3O5S. The maximum Gasteiger partial charge on any atom is 0.270 e. The van der Waals surface area contributed by atoms with Crippen LogP contribution in [0.3, 0.4) is 0 Å². The van der Waals surface area contributed by atoms with Crippen LogP contribution < -0.4 is 24.4 Å². The molecule has 2 aromatic carbocycles. The van der Waals surface area contributed by atoms with Gasteiger partial charge in [0.1, 0.15) is 17.4 Å². The molecule has 1 aliphatic heterocycles. The Kier molecular flexibility index (Phi) is 6.85. The number of benzene rings is 2. The van der Waals surface area contributed by atoms with E-state index in [-0.39, 0.29) is 17.3 Å². The van der Waals surface area contributed by atoms with E-state index in [1.807, 2.05) is 13.0 Å². The Bertz CT molecular complexity index is 1090. The van der Waals surface area contributed by atoms with E-state index in [4.69, 9.17) is 31.7 Å². The summed E-state index contributed by atoms with van der Waals surface area (Å²) in [5, 5.41) is 11.3. The molecule has 0 saturated carbocycles. The number of nitriles is 1. The number of hydrogen-bond acceptors (Lipinski definition) is 7. The van der Waals surface area contributed by atoms with Gasteiger partial charge in [-0.2, -0.15) is 5.26 Å². The molecule has 158 valence electrons. The van der Waals surface area contributed by atoms with Gasteiger partial charge >= 0.3 is 0 Å². The van der Waals surface area contributed by atoms with Gasteiger partial charge in [0.25, 0.3) is 11.8 Å². The quantitative estimate of drug-likeness (QED) is 0.404. The Morgan fingerprint density at radius 1 is 1.13 bits per heavy atom. The summed E-state index contributed by atoms with van der Waals surface area (Å²) in [5.41, 5.74) is 0.961. The van der Waals surface area contributed by atoms with Crippen LogP contribution >= 0.6 is 12.2 Å². The first-order valence-corrected chi connectivity index (χ1v) is 9.71. The molecule has 1 saturated heterocycles. The van der Waals surface area contributed by atoms with E-state index < -0.39 is 11.8 Å². The topological polar surface area (TPSA) is 101 Å². The fourth-order valence-electron chi connectivity index (χ4n) is 2.90. The number of methoxy groups -OCH3 is 1. The molecule has 2 amide bonds. The highest BCUT2D eigenvalue weighted by atomic mass is 32.1. The van der Waals surface area contributed by atoms with Crippen molar-refractivity contribution in [1.29, 1.82) is 5.26 Å².